The number of amides is 1. The zero-order valence-corrected chi connectivity index (χ0v) is 11.9. The van der Waals surface area contributed by atoms with E-state index < -0.39 is 16.5 Å². The third-order valence-corrected chi connectivity index (χ3v) is 3.10. The maximum atomic E-state index is 11.1. The van der Waals surface area contributed by atoms with E-state index in [1.807, 2.05) is 0 Å². The molecule has 0 heterocycles. The second-order valence-corrected chi connectivity index (χ2v) is 4.82. The number of carbonyl (C=O) groups excluding carboxylic acids is 1. The van der Waals surface area contributed by atoms with E-state index in [9.17, 15) is 14.9 Å². The lowest BCUT2D eigenvalue weighted by atomic mass is 10.2. The van der Waals surface area contributed by atoms with Crippen LogP contribution in [0, 0.1) is 10.1 Å². The van der Waals surface area contributed by atoms with Gasteiger partial charge in [-0.25, -0.2) is 0 Å². The van der Waals surface area contributed by atoms with Crippen LogP contribution in [0.1, 0.15) is 10.4 Å². The lowest BCUT2D eigenvalue weighted by molar-refractivity contribution is -0.385. The van der Waals surface area contributed by atoms with E-state index in [4.69, 9.17) is 33.7 Å². The van der Waals surface area contributed by atoms with Crippen molar-refractivity contribution in [2.24, 2.45) is 5.73 Å². The summed E-state index contributed by atoms with van der Waals surface area (Å²) >= 11 is 11.8. The maximum absolute atomic E-state index is 11.1. The van der Waals surface area contributed by atoms with Crippen molar-refractivity contribution in [2.45, 2.75) is 0 Å². The number of nitro groups is 1. The van der Waals surface area contributed by atoms with E-state index in [1.54, 1.807) is 6.07 Å². The molecule has 0 aromatic heterocycles. The van der Waals surface area contributed by atoms with Crippen LogP contribution in [0.25, 0.3) is 0 Å². The number of ether oxygens (including phenoxy) is 1. The zero-order chi connectivity index (χ0) is 15.6. The molecule has 0 aliphatic carbocycles. The van der Waals surface area contributed by atoms with Crippen LogP contribution in [0.5, 0.6) is 11.5 Å². The first-order valence-corrected chi connectivity index (χ1v) is 6.35. The topological polar surface area (TPSA) is 95.5 Å². The van der Waals surface area contributed by atoms with Crippen molar-refractivity contribution in [3.8, 4) is 11.5 Å². The van der Waals surface area contributed by atoms with E-state index in [0.717, 1.165) is 6.07 Å². The molecule has 0 spiro atoms. The van der Waals surface area contributed by atoms with Gasteiger partial charge in [-0.3, -0.25) is 14.9 Å². The van der Waals surface area contributed by atoms with Gasteiger partial charge in [0.05, 0.1) is 9.95 Å². The molecule has 21 heavy (non-hydrogen) atoms. The summed E-state index contributed by atoms with van der Waals surface area (Å²) in [5.74, 6) is -0.682. The van der Waals surface area contributed by atoms with Gasteiger partial charge in [-0.2, -0.15) is 0 Å². The molecule has 1 amide bonds. The summed E-state index contributed by atoms with van der Waals surface area (Å²) in [7, 11) is 0. The van der Waals surface area contributed by atoms with Crippen LogP contribution >= 0.6 is 23.2 Å². The largest absolute Gasteiger partial charge is 0.449 e. The Morgan fingerprint density at radius 2 is 1.86 bits per heavy atom. The van der Waals surface area contributed by atoms with Crippen molar-refractivity contribution in [1.29, 1.82) is 0 Å². The van der Waals surface area contributed by atoms with Crippen molar-refractivity contribution in [1.82, 2.24) is 0 Å². The minimum absolute atomic E-state index is 0.00578. The molecule has 0 aliphatic rings. The average molecular weight is 327 g/mol. The molecular weight excluding hydrogens is 319 g/mol. The van der Waals surface area contributed by atoms with Gasteiger partial charge in [0.25, 0.3) is 0 Å². The Kier molecular flexibility index (Phi) is 4.30. The van der Waals surface area contributed by atoms with Crippen LogP contribution in [-0.2, 0) is 0 Å². The maximum Gasteiger partial charge on any atom is 0.312 e. The van der Waals surface area contributed by atoms with Crippen molar-refractivity contribution >= 4 is 34.8 Å². The van der Waals surface area contributed by atoms with E-state index in [0.29, 0.717) is 5.02 Å². The monoisotopic (exact) mass is 326 g/mol. The molecule has 0 bridgehead atoms. The summed E-state index contributed by atoms with van der Waals surface area (Å²) in [6.07, 6.45) is 0. The molecule has 0 aliphatic heterocycles. The van der Waals surface area contributed by atoms with E-state index >= 15 is 0 Å². The van der Waals surface area contributed by atoms with Gasteiger partial charge < -0.3 is 10.5 Å². The van der Waals surface area contributed by atoms with Gasteiger partial charge in [0.2, 0.25) is 11.7 Å². The smallest absolute Gasteiger partial charge is 0.312 e. The summed E-state index contributed by atoms with van der Waals surface area (Å²) in [6, 6.07) is 8.12. The molecule has 2 aromatic carbocycles. The number of primary amides is 1. The number of halogens is 2. The quantitative estimate of drug-likeness (QED) is 0.682. The predicted molar refractivity (Wildman–Crippen MR) is 78.2 cm³/mol. The highest BCUT2D eigenvalue weighted by molar-refractivity contribution is 6.34. The van der Waals surface area contributed by atoms with Gasteiger partial charge in [0.15, 0.2) is 0 Å². The van der Waals surface area contributed by atoms with Gasteiger partial charge in [-0.15, -0.1) is 0 Å². The highest BCUT2D eigenvalue weighted by Gasteiger charge is 2.19. The molecule has 2 rings (SSSR count). The Morgan fingerprint density at radius 3 is 2.48 bits per heavy atom. The fourth-order valence-electron chi connectivity index (χ4n) is 1.57. The number of nitro benzene ring substituents is 1. The van der Waals surface area contributed by atoms with Crippen LogP contribution in [0.2, 0.25) is 10.0 Å². The van der Waals surface area contributed by atoms with Gasteiger partial charge in [0, 0.05) is 22.7 Å². The molecule has 0 fully saturated rings. The predicted octanol–water partition coefficient (Wildman–Crippen LogP) is 3.79. The summed E-state index contributed by atoms with van der Waals surface area (Å²) in [5.41, 5.74) is 4.69. The molecule has 108 valence electrons. The van der Waals surface area contributed by atoms with E-state index in [-0.39, 0.29) is 22.1 Å². The first-order valence-electron chi connectivity index (χ1n) is 5.59. The normalized spacial score (nSPS) is 10.2. The van der Waals surface area contributed by atoms with Crippen molar-refractivity contribution in [3.05, 3.63) is 62.1 Å². The minimum atomic E-state index is -0.773. The first kappa shape index (κ1) is 15.1. The molecule has 0 unspecified atom stereocenters. The Bertz CT molecular complexity index is 734. The van der Waals surface area contributed by atoms with Gasteiger partial charge >= 0.3 is 5.69 Å². The number of hydrogen-bond acceptors (Lipinski definition) is 4. The molecular formula is C13H8Cl2N2O4. The number of rotatable bonds is 4. The number of benzene rings is 2. The minimum Gasteiger partial charge on any atom is -0.449 e. The molecule has 0 radical (unpaired) electrons. The molecule has 0 saturated heterocycles. The lowest BCUT2D eigenvalue weighted by Gasteiger charge is -2.09. The second kappa shape index (κ2) is 5.99. The molecule has 0 atom stereocenters. The molecule has 2 N–H and O–H groups in total. The average Bonchev–Trinajstić information content (AvgIpc) is 2.42. The van der Waals surface area contributed by atoms with Gasteiger partial charge in [0.1, 0.15) is 5.75 Å². The number of hydrogen-bond donors (Lipinski definition) is 1. The molecule has 0 saturated carbocycles. The fraction of sp³-hybridized carbons (Fsp3) is 0. The van der Waals surface area contributed by atoms with Crippen LogP contribution in [0.3, 0.4) is 0 Å². The van der Waals surface area contributed by atoms with Crippen LogP contribution in [0.15, 0.2) is 36.4 Å². The lowest BCUT2D eigenvalue weighted by Crippen LogP contribution is -2.11. The zero-order valence-electron chi connectivity index (χ0n) is 10.4. The number of nitrogens with two attached hydrogens (primary N) is 1. The number of carbonyl (C=O) groups is 1. The highest BCUT2D eigenvalue weighted by atomic mass is 35.5. The Hall–Kier alpha value is -2.31. The van der Waals surface area contributed by atoms with Crippen LogP contribution in [0.4, 0.5) is 5.69 Å². The highest BCUT2D eigenvalue weighted by Crippen LogP contribution is 2.36. The molecule has 8 heteroatoms. The van der Waals surface area contributed by atoms with Crippen molar-refractivity contribution in [2.75, 3.05) is 0 Å². The van der Waals surface area contributed by atoms with Gasteiger partial charge in [-0.05, 0) is 24.3 Å². The summed E-state index contributed by atoms with van der Waals surface area (Å²) in [6.45, 7) is 0. The second-order valence-electron chi connectivity index (χ2n) is 3.98. The molecule has 6 nitrogen and oxygen atoms in total. The SMILES string of the molecule is NC(=O)c1ccc(Oc2cc(Cl)ccc2Cl)c([N+](=O)[O-])c1. The third-order valence-electron chi connectivity index (χ3n) is 2.55. The fourth-order valence-corrected chi connectivity index (χ4v) is 1.89. The van der Waals surface area contributed by atoms with E-state index in [2.05, 4.69) is 0 Å². The summed E-state index contributed by atoms with van der Waals surface area (Å²) < 4.78 is 5.41. The van der Waals surface area contributed by atoms with Crippen LogP contribution in [-0.4, -0.2) is 10.8 Å². The Morgan fingerprint density at radius 1 is 1.14 bits per heavy atom. The van der Waals surface area contributed by atoms with Crippen LogP contribution < -0.4 is 10.5 Å². The first-order chi connectivity index (χ1) is 9.88. The molecule has 2 aromatic rings. The number of nitrogens with zero attached hydrogens (tertiary/aromatic N) is 1. The van der Waals surface area contributed by atoms with Gasteiger partial charge in [-0.1, -0.05) is 23.2 Å². The van der Waals surface area contributed by atoms with E-state index in [1.165, 1.54) is 24.3 Å². The summed E-state index contributed by atoms with van der Waals surface area (Å²) in [5, 5.41) is 11.7. The Balaban J connectivity index is 2.46. The Labute approximate surface area is 129 Å². The third kappa shape index (κ3) is 3.42. The van der Waals surface area contributed by atoms with Crippen molar-refractivity contribution in [3.63, 3.8) is 0 Å². The van der Waals surface area contributed by atoms with Crippen molar-refractivity contribution < 1.29 is 14.5 Å². The summed E-state index contributed by atoms with van der Waals surface area (Å²) in [4.78, 5) is 21.4. The standard InChI is InChI=1S/C13H8Cl2N2O4/c14-8-2-3-9(15)12(6-8)21-11-4-1-7(13(16)18)5-10(11)17(19)20/h1-6H,(H2,16,18).